The lowest BCUT2D eigenvalue weighted by Gasteiger charge is -2.22. The SMILES string of the molecule is CCOCC(NC(=O)c1ccc(CCl)cc1)C(C)C. The van der Waals surface area contributed by atoms with Crippen molar-refractivity contribution < 1.29 is 9.53 Å². The lowest BCUT2D eigenvalue weighted by molar-refractivity contribution is 0.0806. The first kappa shape index (κ1) is 16.0. The summed E-state index contributed by atoms with van der Waals surface area (Å²) in [5.41, 5.74) is 1.66. The van der Waals surface area contributed by atoms with Crippen LogP contribution in [-0.2, 0) is 10.6 Å². The number of rotatable bonds is 7. The van der Waals surface area contributed by atoms with Crippen LogP contribution in [0, 0.1) is 5.92 Å². The molecule has 0 aliphatic rings. The highest BCUT2D eigenvalue weighted by Gasteiger charge is 2.17. The molecule has 1 unspecified atom stereocenters. The van der Waals surface area contributed by atoms with E-state index >= 15 is 0 Å². The fraction of sp³-hybridized carbons (Fsp3) is 0.533. The molecule has 0 heterocycles. The van der Waals surface area contributed by atoms with Gasteiger partial charge in [-0.15, -0.1) is 11.6 Å². The van der Waals surface area contributed by atoms with Crippen LogP contribution in [0.5, 0.6) is 0 Å². The van der Waals surface area contributed by atoms with Crippen LogP contribution in [0.1, 0.15) is 36.7 Å². The van der Waals surface area contributed by atoms with Gasteiger partial charge in [0.1, 0.15) is 0 Å². The van der Waals surface area contributed by atoms with Gasteiger partial charge in [0.2, 0.25) is 0 Å². The minimum Gasteiger partial charge on any atom is -0.380 e. The quantitative estimate of drug-likeness (QED) is 0.780. The molecule has 1 rings (SSSR count). The van der Waals surface area contributed by atoms with E-state index in [-0.39, 0.29) is 11.9 Å². The normalized spacial score (nSPS) is 12.5. The lowest BCUT2D eigenvalue weighted by atomic mass is 10.0. The summed E-state index contributed by atoms with van der Waals surface area (Å²) in [6, 6.07) is 7.36. The molecule has 1 aromatic carbocycles. The molecule has 0 saturated carbocycles. The fourth-order valence-corrected chi connectivity index (χ4v) is 1.82. The summed E-state index contributed by atoms with van der Waals surface area (Å²) in [5.74, 6) is 0.720. The summed E-state index contributed by atoms with van der Waals surface area (Å²) >= 11 is 5.72. The lowest BCUT2D eigenvalue weighted by Crippen LogP contribution is -2.41. The van der Waals surface area contributed by atoms with Crippen molar-refractivity contribution in [1.82, 2.24) is 5.32 Å². The van der Waals surface area contributed by atoms with E-state index in [0.29, 0.717) is 30.6 Å². The second kappa shape index (κ2) is 8.18. The fourth-order valence-electron chi connectivity index (χ4n) is 1.64. The molecule has 0 saturated heterocycles. The van der Waals surface area contributed by atoms with Crippen LogP contribution < -0.4 is 5.32 Å². The first-order chi connectivity index (χ1) is 9.08. The van der Waals surface area contributed by atoms with Gasteiger partial charge < -0.3 is 10.1 Å². The third-order valence-corrected chi connectivity index (χ3v) is 3.30. The van der Waals surface area contributed by atoms with Crippen molar-refractivity contribution in [2.45, 2.75) is 32.7 Å². The van der Waals surface area contributed by atoms with E-state index in [1.807, 2.05) is 19.1 Å². The number of hydrogen-bond acceptors (Lipinski definition) is 2. The van der Waals surface area contributed by atoms with Crippen LogP contribution in [-0.4, -0.2) is 25.2 Å². The van der Waals surface area contributed by atoms with Crippen molar-refractivity contribution in [3.63, 3.8) is 0 Å². The molecule has 0 radical (unpaired) electrons. The number of carbonyl (C=O) groups is 1. The molecule has 0 aliphatic carbocycles. The Labute approximate surface area is 120 Å². The molecular weight excluding hydrogens is 262 g/mol. The zero-order valence-electron chi connectivity index (χ0n) is 11.8. The van der Waals surface area contributed by atoms with Crippen LogP contribution in [0.3, 0.4) is 0 Å². The third kappa shape index (κ3) is 5.21. The van der Waals surface area contributed by atoms with Gasteiger partial charge in [-0.2, -0.15) is 0 Å². The zero-order valence-corrected chi connectivity index (χ0v) is 12.5. The Morgan fingerprint density at radius 1 is 1.32 bits per heavy atom. The molecule has 1 atom stereocenters. The van der Waals surface area contributed by atoms with Gasteiger partial charge in [-0.25, -0.2) is 0 Å². The van der Waals surface area contributed by atoms with E-state index in [0.717, 1.165) is 5.56 Å². The van der Waals surface area contributed by atoms with Gasteiger partial charge in [-0.1, -0.05) is 26.0 Å². The molecular formula is C15H22ClNO2. The smallest absolute Gasteiger partial charge is 0.251 e. The Morgan fingerprint density at radius 2 is 1.95 bits per heavy atom. The predicted octanol–water partition coefficient (Wildman–Crippen LogP) is 3.22. The second-order valence-corrected chi connectivity index (χ2v) is 5.08. The standard InChI is InChI=1S/C15H22ClNO2/c1-4-19-10-14(11(2)3)17-15(18)13-7-5-12(9-16)6-8-13/h5-8,11,14H,4,9-10H2,1-3H3,(H,17,18). The molecule has 0 aromatic heterocycles. The number of benzene rings is 1. The first-order valence-corrected chi connectivity index (χ1v) is 7.15. The second-order valence-electron chi connectivity index (χ2n) is 4.81. The van der Waals surface area contributed by atoms with Crippen molar-refractivity contribution in [1.29, 1.82) is 0 Å². The Morgan fingerprint density at radius 3 is 2.42 bits per heavy atom. The number of halogens is 1. The van der Waals surface area contributed by atoms with Gasteiger partial charge in [0.25, 0.3) is 5.91 Å². The molecule has 106 valence electrons. The maximum absolute atomic E-state index is 12.1. The van der Waals surface area contributed by atoms with Crippen molar-refractivity contribution in [3.8, 4) is 0 Å². The highest BCUT2D eigenvalue weighted by atomic mass is 35.5. The van der Waals surface area contributed by atoms with E-state index in [1.165, 1.54) is 0 Å². The molecule has 1 N–H and O–H groups in total. The van der Waals surface area contributed by atoms with E-state index in [2.05, 4.69) is 19.2 Å². The highest BCUT2D eigenvalue weighted by Crippen LogP contribution is 2.09. The largest absolute Gasteiger partial charge is 0.380 e. The molecule has 0 aliphatic heterocycles. The summed E-state index contributed by atoms with van der Waals surface area (Å²) in [7, 11) is 0. The predicted molar refractivity (Wildman–Crippen MR) is 78.6 cm³/mol. The summed E-state index contributed by atoms with van der Waals surface area (Å²) in [6.07, 6.45) is 0. The van der Waals surface area contributed by atoms with Crippen molar-refractivity contribution in [3.05, 3.63) is 35.4 Å². The van der Waals surface area contributed by atoms with Gasteiger partial charge in [0.15, 0.2) is 0 Å². The van der Waals surface area contributed by atoms with E-state index in [4.69, 9.17) is 16.3 Å². The number of amides is 1. The maximum Gasteiger partial charge on any atom is 0.251 e. The highest BCUT2D eigenvalue weighted by molar-refractivity contribution is 6.17. The van der Waals surface area contributed by atoms with E-state index in [1.54, 1.807) is 12.1 Å². The summed E-state index contributed by atoms with van der Waals surface area (Å²) in [4.78, 5) is 12.1. The summed E-state index contributed by atoms with van der Waals surface area (Å²) in [5, 5.41) is 3.01. The zero-order chi connectivity index (χ0) is 14.3. The maximum atomic E-state index is 12.1. The van der Waals surface area contributed by atoms with Gasteiger partial charge in [-0.3, -0.25) is 4.79 Å². The molecule has 3 nitrogen and oxygen atoms in total. The molecule has 0 bridgehead atoms. The first-order valence-electron chi connectivity index (χ1n) is 6.62. The average Bonchev–Trinajstić information content (AvgIpc) is 2.43. The van der Waals surface area contributed by atoms with Crippen molar-refractivity contribution in [2.75, 3.05) is 13.2 Å². The summed E-state index contributed by atoms with van der Waals surface area (Å²) < 4.78 is 5.40. The molecule has 0 fully saturated rings. The Bertz CT molecular complexity index is 390. The van der Waals surface area contributed by atoms with E-state index in [9.17, 15) is 4.79 Å². The average molecular weight is 284 g/mol. The number of hydrogen-bond donors (Lipinski definition) is 1. The molecule has 19 heavy (non-hydrogen) atoms. The van der Waals surface area contributed by atoms with Crippen LogP contribution in [0.25, 0.3) is 0 Å². The summed E-state index contributed by atoms with van der Waals surface area (Å²) in [6.45, 7) is 7.29. The van der Waals surface area contributed by atoms with Crippen LogP contribution >= 0.6 is 11.6 Å². The number of ether oxygens (including phenoxy) is 1. The Balaban J connectivity index is 2.64. The van der Waals surface area contributed by atoms with Crippen molar-refractivity contribution >= 4 is 17.5 Å². The molecule has 1 amide bonds. The number of nitrogens with one attached hydrogen (secondary N) is 1. The van der Waals surface area contributed by atoms with Gasteiger partial charge in [0.05, 0.1) is 12.6 Å². The number of alkyl halides is 1. The monoisotopic (exact) mass is 283 g/mol. The minimum absolute atomic E-state index is 0.0279. The van der Waals surface area contributed by atoms with E-state index < -0.39 is 0 Å². The van der Waals surface area contributed by atoms with Gasteiger partial charge in [-0.05, 0) is 30.5 Å². The molecule has 0 spiro atoms. The number of carbonyl (C=O) groups excluding carboxylic acids is 1. The Kier molecular flexibility index (Phi) is 6.89. The third-order valence-electron chi connectivity index (χ3n) is 2.99. The molecule has 1 aromatic rings. The van der Waals surface area contributed by atoms with Gasteiger partial charge >= 0.3 is 0 Å². The Hall–Kier alpha value is -1.06. The van der Waals surface area contributed by atoms with Gasteiger partial charge in [0, 0.05) is 18.1 Å². The topological polar surface area (TPSA) is 38.3 Å². The molecule has 4 heteroatoms. The van der Waals surface area contributed by atoms with Crippen LogP contribution in [0.15, 0.2) is 24.3 Å². The van der Waals surface area contributed by atoms with Crippen LogP contribution in [0.4, 0.5) is 0 Å². The van der Waals surface area contributed by atoms with Crippen LogP contribution in [0.2, 0.25) is 0 Å². The minimum atomic E-state index is -0.0699. The van der Waals surface area contributed by atoms with Crippen molar-refractivity contribution in [2.24, 2.45) is 5.92 Å².